The molecule has 0 aliphatic heterocycles. The topological polar surface area (TPSA) is 89.4 Å². The van der Waals surface area contributed by atoms with E-state index in [1.165, 1.54) is 0 Å². The molecular formula is C13H23N3O2S. The smallest absolute Gasteiger partial charge is 0.237 e. The molecule has 1 aliphatic carbocycles. The summed E-state index contributed by atoms with van der Waals surface area (Å²) >= 11 is 4.98. The number of carbonyl (C=O) groups excluding carboxylic acids is 2. The number of amides is 2. The van der Waals surface area contributed by atoms with Crippen LogP contribution in [0.1, 0.15) is 45.4 Å². The second kappa shape index (κ2) is 7.43. The third-order valence-electron chi connectivity index (χ3n) is 3.59. The highest BCUT2D eigenvalue weighted by molar-refractivity contribution is 7.80. The molecule has 5 nitrogen and oxygen atoms in total. The molecule has 0 aromatic heterocycles. The molecule has 2 amide bonds. The Labute approximate surface area is 119 Å². The van der Waals surface area contributed by atoms with Gasteiger partial charge >= 0.3 is 0 Å². The SMILES string of the molecule is CCCC(C(=O)N(CC(N)=O)C1CCCC1)C(N)=S. The van der Waals surface area contributed by atoms with Gasteiger partial charge in [0.25, 0.3) is 0 Å². The highest BCUT2D eigenvalue weighted by atomic mass is 32.1. The van der Waals surface area contributed by atoms with Crippen LogP contribution in [0.15, 0.2) is 0 Å². The van der Waals surface area contributed by atoms with Crippen molar-refractivity contribution in [2.75, 3.05) is 6.54 Å². The molecule has 1 saturated carbocycles. The van der Waals surface area contributed by atoms with Gasteiger partial charge in [-0.3, -0.25) is 9.59 Å². The van der Waals surface area contributed by atoms with E-state index < -0.39 is 11.8 Å². The zero-order valence-electron chi connectivity index (χ0n) is 11.4. The normalized spacial score (nSPS) is 17.1. The van der Waals surface area contributed by atoms with Crippen LogP contribution in [0.4, 0.5) is 0 Å². The standard InChI is InChI=1S/C13H23N3O2S/c1-2-5-10(12(15)19)13(18)16(8-11(14)17)9-6-3-4-7-9/h9-10H,2-8H2,1H3,(H2,14,17)(H2,15,19). The fraction of sp³-hybridized carbons (Fsp3) is 0.769. The lowest BCUT2D eigenvalue weighted by molar-refractivity contribution is -0.139. The summed E-state index contributed by atoms with van der Waals surface area (Å²) in [5.41, 5.74) is 10.9. The Kier molecular flexibility index (Phi) is 6.21. The van der Waals surface area contributed by atoms with Gasteiger partial charge in [-0.1, -0.05) is 38.4 Å². The molecule has 0 radical (unpaired) electrons. The number of rotatable bonds is 7. The van der Waals surface area contributed by atoms with Crippen molar-refractivity contribution < 1.29 is 9.59 Å². The van der Waals surface area contributed by atoms with E-state index >= 15 is 0 Å². The first-order chi connectivity index (χ1) is 8.97. The van der Waals surface area contributed by atoms with Crippen LogP contribution in [0.3, 0.4) is 0 Å². The van der Waals surface area contributed by atoms with E-state index in [-0.39, 0.29) is 23.5 Å². The van der Waals surface area contributed by atoms with Crippen molar-refractivity contribution in [2.45, 2.75) is 51.5 Å². The van der Waals surface area contributed by atoms with Crippen LogP contribution in [0.2, 0.25) is 0 Å². The Hall–Kier alpha value is -1.17. The molecular weight excluding hydrogens is 262 g/mol. The summed E-state index contributed by atoms with van der Waals surface area (Å²) in [6.07, 6.45) is 5.46. The highest BCUT2D eigenvalue weighted by Gasteiger charge is 2.33. The molecule has 1 rings (SSSR count). The number of nitrogens with two attached hydrogens (primary N) is 2. The molecule has 108 valence electrons. The lowest BCUT2D eigenvalue weighted by Gasteiger charge is -2.31. The van der Waals surface area contributed by atoms with Gasteiger partial charge in [0.05, 0.1) is 17.5 Å². The summed E-state index contributed by atoms with van der Waals surface area (Å²) in [7, 11) is 0. The first kappa shape index (κ1) is 15.9. The van der Waals surface area contributed by atoms with Crippen LogP contribution in [0, 0.1) is 5.92 Å². The van der Waals surface area contributed by atoms with Gasteiger partial charge < -0.3 is 16.4 Å². The van der Waals surface area contributed by atoms with E-state index in [4.69, 9.17) is 23.7 Å². The van der Waals surface area contributed by atoms with E-state index in [2.05, 4.69) is 0 Å². The Balaban J connectivity index is 2.84. The molecule has 0 aromatic carbocycles. The summed E-state index contributed by atoms with van der Waals surface area (Å²) in [6, 6.07) is 0.105. The van der Waals surface area contributed by atoms with Crippen molar-refractivity contribution in [1.82, 2.24) is 4.90 Å². The van der Waals surface area contributed by atoms with Crippen molar-refractivity contribution in [3.63, 3.8) is 0 Å². The third kappa shape index (κ3) is 4.45. The maximum absolute atomic E-state index is 12.5. The molecule has 1 aliphatic rings. The fourth-order valence-electron chi connectivity index (χ4n) is 2.65. The first-order valence-electron chi connectivity index (χ1n) is 6.85. The van der Waals surface area contributed by atoms with Crippen molar-refractivity contribution >= 4 is 29.0 Å². The minimum Gasteiger partial charge on any atom is -0.393 e. The Bertz CT molecular complexity index is 354. The Morgan fingerprint density at radius 3 is 2.32 bits per heavy atom. The molecule has 0 aromatic rings. The number of primary amides is 1. The van der Waals surface area contributed by atoms with Gasteiger partial charge in [-0.05, 0) is 19.3 Å². The third-order valence-corrected chi connectivity index (χ3v) is 3.88. The zero-order valence-corrected chi connectivity index (χ0v) is 12.2. The van der Waals surface area contributed by atoms with Crippen LogP contribution in [0.25, 0.3) is 0 Å². The Morgan fingerprint density at radius 2 is 1.89 bits per heavy atom. The van der Waals surface area contributed by atoms with E-state index in [0.717, 1.165) is 32.1 Å². The fourth-order valence-corrected chi connectivity index (χ4v) is 2.87. The van der Waals surface area contributed by atoms with Gasteiger partial charge in [-0.25, -0.2) is 0 Å². The number of hydrogen-bond acceptors (Lipinski definition) is 3. The van der Waals surface area contributed by atoms with Crippen LogP contribution in [-0.4, -0.2) is 34.3 Å². The van der Waals surface area contributed by atoms with Gasteiger partial charge in [0.1, 0.15) is 0 Å². The number of carbonyl (C=O) groups is 2. The van der Waals surface area contributed by atoms with Crippen molar-refractivity contribution in [3.05, 3.63) is 0 Å². The predicted octanol–water partition coefficient (Wildman–Crippen LogP) is 0.945. The minimum atomic E-state index is -0.488. The molecule has 6 heteroatoms. The zero-order chi connectivity index (χ0) is 14.4. The van der Waals surface area contributed by atoms with E-state index in [9.17, 15) is 9.59 Å². The molecule has 0 heterocycles. The molecule has 1 unspecified atom stereocenters. The van der Waals surface area contributed by atoms with Gasteiger partial charge in [0.15, 0.2) is 0 Å². The molecule has 0 bridgehead atoms. The first-order valence-corrected chi connectivity index (χ1v) is 7.26. The average Bonchev–Trinajstić information content (AvgIpc) is 2.85. The van der Waals surface area contributed by atoms with Gasteiger partial charge in [-0.2, -0.15) is 0 Å². The average molecular weight is 285 g/mol. The van der Waals surface area contributed by atoms with Crippen molar-refractivity contribution in [2.24, 2.45) is 17.4 Å². The molecule has 19 heavy (non-hydrogen) atoms. The summed E-state index contributed by atoms with van der Waals surface area (Å²) in [5.74, 6) is -1.10. The van der Waals surface area contributed by atoms with Crippen molar-refractivity contribution in [3.8, 4) is 0 Å². The molecule has 0 saturated heterocycles. The minimum absolute atomic E-state index is 0.0354. The molecule has 1 atom stereocenters. The lowest BCUT2D eigenvalue weighted by atomic mass is 10.0. The maximum atomic E-state index is 12.5. The summed E-state index contributed by atoms with van der Waals surface area (Å²) < 4.78 is 0. The summed E-state index contributed by atoms with van der Waals surface area (Å²) in [6.45, 7) is 1.94. The van der Waals surface area contributed by atoms with Crippen molar-refractivity contribution in [1.29, 1.82) is 0 Å². The van der Waals surface area contributed by atoms with Crippen LogP contribution in [0.5, 0.6) is 0 Å². The summed E-state index contributed by atoms with van der Waals surface area (Å²) in [5, 5.41) is 0. The van der Waals surface area contributed by atoms with Crippen LogP contribution < -0.4 is 11.5 Å². The molecule has 0 spiro atoms. The monoisotopic (exact) mass is 285 g/mol. The van der Waals surface area contributed by atoms with E-state index in [0.29, 0.717) is 6.42 Å². The van der Waals surface area contributed by atoms with Gasteiger partial charge in [0.2, 0.25) is 11.8 Å². The number of hydrogen-bond donors (Lipinski definition) is 2. The number of thiocarbonyl (C=S) groups is 1. The summed E-state index contributed by atoms with van der Waals surface area (Å²) in [4.78, 5) is 25.5. The predicted molar refractivity (Wildman–Crippen MR) is 78.3 cm³/mol. The highest BCUT2D eigenvalue weighted by Crippen LogP contribution is 2.25. The van der Waals surface area contributed by atoms with Crippen LogP contribution >= 0.6 is 12.2 Å². The van der Waals surface area contributed by atoms with Gasteiger partial charge in [0, 0.05) is 6.04 Å². The Morgan fingerprint density at radius 1 is 1.32 bits per heavy atom. The van der Waals surface area contributed by atoms with Gasteiger partial charge in [-0.15, -0.1) is 0 Å². The largest absolute Gasteiger partial charge is 0.393 e. The van der Waals surface area contributed by atoms with Crippen LogP contribution in [-0.2, 0) is 9.59 Å². The molecule has 4 N–H and O–H groups in total. The second-order valence-corrected chi connectivity index (χ2v) is 5.59. The van der Waals surface area contributed by atoms with E-state index in [1.54, 1.807) is 4.90 Å². The lowest BCUT2D eigenvalue weighted by Crippen LogP contribution is -2.49. The van der Waals surface area contributed by atoms with E-state index in [1.807, 2.05) is 6.92 Å². The quantitative estimate of drug-likeness (QED) is 0.681. The number of nitrogens with zero attached hydrogens (tertiary/aromatic N) is 1. The second-order valence-electron chi connectivity index (χ2n) is 5.11. The molecule has 1 fully saturated rings. The maximum Gasteiger partial charge on any atom is 0.237 e.